The van der Waals surface area contributed by atoms with Gasteiger partial charge in [-0.2, -0.15) is 8.42 Å². The average molecular weight is 333 g/mol. The highest BCUT2D eigenvalue weighted by Crippen LogP contribution is 2.03. The predicted molar refractivity (Wildman–Crippen MR) is 88.1 cm³/mol. The van der Waals surface area contributed by atoms with E-state index in [1.807, 2.05) is 30.3 Å². The fraction of sp³-hybridized carbons (Fsp3) is 0.0625. The molecule has 0 saturated carbocycles. The van der Waals surface area contributed by atoms with Crippen LogP contribution in [0.4, 0.5) is 5.69 Å². The summed E-state index contributed by atoms with van der Waals surface area (Å²) in [6, 6.07) is 17.0. The summed E-state index contributed by atoms with van der Waals surface area (Å²) in [5, 5.41) is 10.3. The van der Waals surface area contributed by atoms with Gasteiger partial charge in [0.05, 0.1) is 0 Å². The van der Waals surface area contributed by atoms with Crippen LogP contribution in [-0.4, -0.2) is 30.3 Å². The maximum atomic E-state index is 11.1. The van der Waals surface area contributed by atoms with Crippen LogP contribution >= 0.6 is 0 Å². The van der Waals surface area contributed by atoms with Gasteiger partial charge in [0.25, 0.3) is 0 Å². The lowest BCUT2D eigenvalue weighted by Gasteiger charge is -1.98. The number of nitrogens with one attached hydrogen (secondary N) is 1. The second kappa shape index (κ2) is 9.29. The maximum Gasteiger partial charge on any atom is 0.249 e. The van der Waals surface area contributed by atoms with E-state index in [1.165, 1.54) is 19.1 Å². The Hall–Kier alpha value is -2.77. The molecule has 0 fully saturated rings. The molecule has 0 aliphatic heterocycles. The van der Waals surface area contributed by atoms with Crippen molar-refractivity contribution in [1.29, 1.82) is 0 Å². The summed E-state index contributed by atoms with van der Waals surface area (Å²) in [7, 11) is -2.87. The quantitative estimate of drug-likeness (QED) is 0.661. The van der Waals surface area contributed by atoms with Crippen LogP contribution in [0.15, 0.2) is 60.7 Å². The predicted octanol–water partition coefficient (Wildman–Crippen LogP) is 2.08. The molecule has 0 aliphatic rings. The Morgan fingerprint density at radius 3 is 1.83 bits per heavy atom. The molecule has 0 aromatic heterocycles. The standard InChI is InChI=1S/C8H9NO.C8H6O4S/c1-7(10)9-8-5-3-2-4-6-8;9-7(8(10)13(11)12)6-4-2-1-3-5-6/h2-6H,1H3,(H,9,10);1-5,10H. The first-order chi connectivity index (χ1) is 10.9. The van der Waals surface area contributed by atoms with Gasteiger partial charge in [0.1, 0.15) is 0 Å². The average Bonchev–Trinajstić information content (AvgIpc) is 2.55. The van der Waals surface area contributed by atoms with Gasteiger partial charge in [0.2, 0.25) is 27.0 Å². The molecule has 23 heavy (non-hydrogen) atoms. The van der Waals surface area contributed by atoms with Crippen LogP contribution in [-0.2, 0) is 15.1 Å². The number of benzene rings is 2. The van der Waals surface area contributed by atoms with Gasteiger partial charge in [-0.05, 0) is 12.1 Å². The molecule has 6 nitrogen and oxygen atoms in total. The Morgan fingerprint density at radius 1 is 0.913 bits per heavy atom. The minimum atomic E-state index is -2.87. The van der Waals surface area contributed by atoms with Crippen molar-refractivity contribution in [2.24, 2.45) is 0 Å². The van der Waals surface area contributed by atoms with Crippen LogP contribution in [0.25, 0.3) is 0 Å². The van der Waals surface area contributed by atoms with Crippen LogP contribution in [0.1, 0.15) is 17.3 Å². The van der Waals surface area contributed by atoms with Crippen molar-refractivity contribution in [2.75, 3.05) is 5.32 Å². The molecule has 0 heterocycles. The Balaban J connectivity index is 0.000000238. The zero-order valence-electron chi connectivity index (χ0n) is 12.3. The molecule has 0 atom stereocenters. The van der Waals surface area contributed by atoms with E-state index in [2.05, 4.69) is 5.32 Å². The fourth-order valence-corrected chi connectivity index (χ4v) is 1.78. The molecular formula is C16H15NO5S. The molecular weight excluding hydrogens is 318 g/mol. The largest absolute Gasteiger partial charge is 0.345 e. The van der Waals surface area contributed by atoms with Crippen LogP contribution < -0.4 is 5.32 Å². The molecule has 7 heteroatoms. The Kier molecular flexibility index (Phi) is 7.38. The summed E-state index contributed by atoms with van der Waals surface area (Å²) in [4.78, 5) is 21.6. The second-order valence-electron chi connectivity index (χ2n) is 4.28. The van der Waals surface area contributed by atoms with Crippen molar-refractivity contribution in [1.82, 2.24) is 0 Å². The number of Topliss-reactive ketones (excluding diaryl/α,β-unsaturated/α-hetero) is 1. The van der Waals surface area contributed by atoms with Gasteiger partial charge in [0, 0.05) is 18.2 Å². The summed E-state index contributed by atoms with van der Waals surface area (Å²) < 4.78 is 20.4. The smallest absolute Gasteiger partial charge is 0.249 e. The third kappa shape index (κ3) is 6.68. The first kappa shape index (κ1) is 18.3. The lowest BCUT2D eigenvalue weighted by molar-refractivity contribution is -0.114. The SMILES string of the molecule is CC(=O)Nc1ccccc1.O=C(C(O)=S(=O)=O)c1ccccc1. The Labute approximate surface area is 134 Å². The monoisotopic (exact) mass is 333 g/mol. The molecule has 2 rings (SSSR count). The zero-order chi connectivity index (χ0) is 17.2. The number of hydrogen-bond acceptors (Lipinski definition) is 4. The van der Waals surface area contributed by atoms with E-state index in [0.717, 1.165) is 5.69 Å². The van der Waals surface area contributed by atoms with Crippen molar-refractivity contribution in [2.45, 2.75) is 6.92 Å². The molecule has 1 amide bonds. The van der Waals surface area contributed by atoms with Gasteiger partial charge in [-0.15, -0.1) is 0 Å². The number of anilines is 1. The third-order valence-corrected chi connectivity index (χ3v) is 2.98. The number of para-hydroxylation sites is 1. The molecule has 0 radical (unpaired) electrons. The van der Waals surface area contributed by atoms with Crippen molar-refractivity contribution < 1.29 is 23.1 Å². The van der Waals surface area contributed by atoms with E-state index in [-0.39, 0.29) is 11.5 Å². The number of carbonyl (C=O) groups excluding carboxylic acids is 2. The molecule has 0 aliphatic carbocycles. The number of amides is 1. The van der Waals surface area contributed by atoms with E-state index in [9.17, 15) is 18.0 Å². The minimum absolute atomic E-state index is 0.0359. The number of aliphatic hydroxyl groups excluding tert-OH is 1. The normalized spacial score (nSPS) is 9.13. The first-order valence-corrected chi connectivity index (χ1v) is 7.57. The van der Waals surface area contributed by atoms with Gasteiger partial charge in [-0.25, -0.2) is 0 Å². The Bertz CT molecular complexity index is 791. The van der Waals surface area contributed by atoms with Gasteiger partial charge in [0.15, 0.2) is 0 Å². The first-order valence-electron chi connectivity index (χ1n) is 6.49. The molecule has 0 unspecified atom stereocenters. The van der Waals surface area contributed by atoms with Gasteiger partial charge in [-0.1, -0.05) is 48.5 Å². The maximum absolute atomic E-state index is 11.1. The summed E-state index contributed by atoms with van der Waals surface area (Å²) in [5.74, 6) is -0.930. The van der Waals surface area contributed by atoms with E-state index < -0.39 is 21.1 Å². The molecule has 2 N–H and O–H groups in total. The molecule has 0 spiro atoms. The number of rotatable bonds is 3. The molecule has 120 valence electrons. The van der Waals surface area contributed by atoms with Crippen LogP contribution in [0, 0.1) is 0 Å². The lowest BCUT2D eigenvalue weighted by Crippen LogP contribution is -2.14. The number of ketones is 1. The van der Waals surface area contributed by atoms with Crippen molar-refractivity contribution >= 4 is 32.7 Å². The Morgan fingerprint density at radius 2 is 1.39 bits per heavy atom. The van der Waals surface area contributed by atoms with Crippen molar-refractivity contribution in [3.8, 4) is 0 Å². The topological polar surface area (TPSA) is 101 Å². The molecule has 2 aromatic carbocycles. The third-order valence-electron chi connectivity index (χ3n) is 2.48. The van der Waals surface area contributed by atoms with E-state index in [4.69, 9.17) is 5.11 Å². The van der Waals surface area contributed by atoms with Crippen molar-refractivity contribution in [3.63, 3.8) is 0 Å². The molecule has 2 aromatic rings. The van der Waals surface area contributed by atoms with Crippen LogP contribution in [0.5, 0.6) is 0 Å². The fourth-order valence-electron chi connectivity index (χ4n) is 1.51. The summed E-state index contributed by atoms with van der Waals surface area (Å²) in [6.07, 6.45) is 0. The number of aliphatic hydroxyl groups is 1. The summed E-state index contributed by atoms with van der Waals surface area (Å²) >= 11 is 0. The summed E-state index contributed by atoms with van der Waals surface area (Å²) in [5.41, 5.74) is 0.985. The van der Waals surface area contributed by atoms with E-state index in [0.29, 0.717) is 0 Å². The highest BCUT2D eigenvalue weighted by atomic mass is 32.2. The lowest BCUT2D eigenvalue weighted by atomic mass is 10.1. The second-order valence-corrected chi connectivity index (χ2v) is 5.14. The molecule has 0 bridgehead atoms. The van der Waals surface area contributed by atoms with Crippen LogP contribution in [0.2, 0.25) is 0 Å². The van der Waals surface area contributed by atoms with E-state index >= 15 is 0 Å². The van der Waals surface area contributed by atoms with Crippen LogP contribution in [0.3, 0.4) is 0 Å². The zero-order valence-corrected chi connectivity index (χ0v) is 13.1. The van der Waals surface area contributed by atoms with Gasteiger partial charge >= 0.3 is 0 Å². The highest BCUT2D eigenvalue weighted by Gasteiger charge is 2.11. The van der Waals surface area contributed by atoms with Gasteiger partial charge < -0.3 is 10.4 Å². The number of hydrogen-bond donors (Lipinski definition) is 2. The van der Waals surface area contributed by atoms with Gasteiger partial charge in [-0.3, -0.25) is 9.59 Å². The molecule has 0 saturated heterocycles. The van der Waals surface area contributed by atoms with Crippen molar-refractivity contribution in [3.05, 3.63) is 66.2 Å². The summed E-state index contributed by atoms with van der Waals surface area (Å²) in [6.45, 7) is 1.49. The number of carbonyl (C=O) groups is 2. The minimum Gasteiger partial charge on any atom is -0.345 e. The van der Waals surface area contributed by atoms with E-state index in [1.54, 1.807) is 18.2 Å². The highest BCUT2D eigenvalue weighted by molar-refractivity contribution is 7.74.